The van der Waals surface area contributed by atoms with E-state index in [0.717, 1.165) is 46.3 Å². The maximum absolute atomic E-state index is 12.6. The van der Waals surface area contributed by atoms with E-state index in [4.69, 9.17) is 0 Å². The highest BCUT2D eigenvalue weighted by molar-refractivity contribution is 8.01. The lowest BCUT2D eigenvalue weighted by Crippen LogP contribution is -2.47. The van der Waals surface area contributed by atoms with Crippen LogP contribution in [-0.4, -0.2) is 65.6 Å². The van der Waals surface area contributed by atoms with Gasteiger partial charge in [-0.3, -0.25) is 9.59 Å². The fraction of sp³-hybridized carbons (Fsp3) is 0.318. The molecule has 4 rings (SSSR count). The highest BCUT2D eigenvalue weighted by Crippen LogP contribution is 2.29. The van der Waals surface area contributed by atoms with Crippen molar-refractivity contribution in [3.05, 3.63) is 59.7 Å². The lowest BCUT2D eigenvalue weighted by molar-refractivity contribution is -0.118. The fourth-order valence-electron chi connectivity index (χ4n) is 3.25. The molecule has 0 atom stereocenters. The Morgan fingerprint density at radius 2 is 1.80 bits per heavy atom. The fourth-order valence-corrected chi connectivity index (χ4v) is 5.15. The zero-order chi connectivity index (χ0) is 20.9. The van der Waals surface area contributed by atoms with Gasteiger partial charge in [-0.05, 0) is 36.9 Å². The van der Waals surface area contributed by atoms with Crippen LogP contribution in [0.25, 0.3) is 10.2 Å². The van der Waals surface area contributed by atoms with Crippen LogP contribution < -0.4 is 5.32 Å². The van der Waals surface area contributed by atoms with Gasteiger partial charge in [-0.1, -0.05) is 36.0 Å². The number of hydrogen-bond acceptors (Lipinski definition) is 6. The van der Waals surface area contributed by atoms with Crippen molar-refractivity contribution >= 4 is 45.1 Å². The molecule has 2 aromatic carbocycles. The molecule has 6 nitrogen and oxygen atoms in total. The number of carbonyl (C=O) groups is 2. The first-order valence-electron chi connectivity index (χ1n) is 9.90. The third kappa shape index (κ3) is 5.19. The average molecular weight is 441 g/mol. The summed E-state index contributed by atoms with van der Waals surface area (Å²) in [5, 5.41) is 2.94. The van der Waals surface area contributed by atoms with Crippen LogP contribution in [0.2, 0.25) is 0 Å². The lowest BCUT2D eigenvalue weighted by atomic mass is 10.1. The molecule has 0 radical (unpaired) electrons. The Hall–Kier alpha value is -2.42. The van der Waals surface area contributed by atoms with Gasteiger partial charge in [0.25, 0.3) is 5.91 Å². The zero-order valence-corrected chi connectivity index (χ0v) is 18.5. The van der Waals surface area contributed by atoms with Gasteiger partial charge in [0.15, 0.2) is 4.34 Å². The van der Waals surface area contributed by atoms with E-state index >= 15 is 0 Å². The van der Waals surface area contributed by atoms with Gasteiger partial charge in [0, 0.05) is 38.3 Å². The number of thiazole rings is 1. The van der Waals surface area contributed by atoms with E-state index in [1.807, 2.05) is 53.4 Å². The molecular weight excluding hydrogens is 416 g/mol. The predicted molar refractivity (Wildman–Crippen MR) is 122 cm³/mol. The summed E-state index contributed by atoms with van der Waals surface area (Å²) in [6.07, 6.45) is 0. The molecule has 156 valence electrons. The topological polar surface area (TPSA) is 65.5 Å². The third-order valence-electron chi connectivity index (χ3n) is 5.08. The minimum absolute atomic E-state index is 0.0307. The second kappa shape index (κ2) is 9.59. The number of benzene rings is 2. The van der Waals surface area contributed by atoms with E-state index in [-0.39, 0.29) is 11.8 Å². The van der Waals surface area contributed by atoms with Crippen molar-refractivity contribution in [3.63, 3.8) is 0 Å². The molecule has 2 heterocycles. The van der Waals surface area contributed by atoms with Crippen molar-refractivity contribution in [2.75, 3.05) is 39.0 Å². The number of hydrogen-bond donors (Lipinski definition) is 1. The largest absolute Gasteiger partial charge is 0.351 e. The van der Waals surface area contributed by atoms with E-state index in [1.165, 1.54) is 11.8 Å². The summed E-state index contributed by atoms with van der Waals surface area (Å²) < 4.78 is 2.03. The second-order valence-electron chi connectivity index (χ2n) is 7.31. The number of likely N-dealkylation sites (N-methyl/N-ethyl adjacent to an activating group) is 1. The Kier molecular flexibility index (Phi) is 6.66. The van der Waals surface area contributed by atoms with E-state index < -0.39 is 0 Å². The first-order valence-corrected chi connectivity index (χ1v) is 11.7. The number of nitrogens with zero attached hydrogens (tertiary/aromatic N) is 3. The van der Waals surface area contributed by atoms with Crippen LogP contribution in [0.5, 0.6) is 0 Å². The summed E-state index contributed by atoms with van der Waals surface area (Å²) in [6.45, 7) is 3.79. The molecule has 0 aliphatic carbocycles. The second-order valence-corrected chi connectivity index (χ2v) is 9.56. The number of piperazine rings is 1. The number of thioether (sulfide) groups is 1. The van der Waals surface area contributed by atoms with Gasteiger partial charge in [0.2, 0.25) is 5.91 Å². The third-order valence-corrected chi connectivity index (χ3v) is 7.26. The van der Waals surface area contributed by atoms with E-state index in [9.17, 15) is 9.59 Å². The Morgan fingerprint density at radius 1 is 1.07 bits per heavy atom. The first-order chi connectivity index (χ1) is 14.6. The minimum atomic E-state index is -0.0307. The Labute approximate surface area is 184 Å². The smallest absolute Gasteiger partial charge is 0.253 e. The molecule has 2 amide bonds. The predicted octanol–water partition coefficient (Wildman–Crippen LogP) is 3.09. The SMILES string of the molecule is CN1CCN(C(=O)c2ccc(CNC(=O)CSc3nc4ccccc4s3)cc2)CC1. The summed E-state index contributed by atoms with van der Waals surface area (Å²) in [5.41, 5.74) is 2.64. The maximum atomic E-state index is 12.6. The standard InChI is InChI=1S/C22H24N4O2S2/c1-25-10-12-26(13-11-25)21(28)17-8-6-16(7-9-17)14-23-20(27)15-29-22-24-18-4-2-3-5-19(18)30-22/h2-9H,10-15H2,1H3,(H,23,27). The molecule has 0 saturated carbocycles. The normalized spacial score (nSPS) is 14.8. The van der Waals surface area contributed by atoms with Crippen LogP contribution in [0.3, 0.4) is 0 Å². The van der Waals surface area contributed by atoms with Crippen molar-refractivity contribution in [1.29, 1.82) is 0 Å². The molecule has 1 aliphatic rings. The summed E-state index contributed by atoms with van der Waals surface area (Å²) >= 11 is 3.06. The number of rotatable bonds is 6. The maximum Gasteiger partial charge on any atom is 0.253 e. The molecule has 30 heavy (non-hydrogen) atoms. The Morgan fingerprint density at radius 3 is 2.53 bits per heavy atom. The first kappa shape index (κ1) is 20.8. The van der Waals surface area contributed by atoms with Crippen LogP contribution >= 0.6 is 23.1 Å². The van der Waals surface area contributed by atoms with E-state index in [1.54, 1.807) is 11.3 Å². The molecule has 0 bridgehead atoms. The van der Waals surface area contributed by atoms with Crippen molar-refractivity contribution in [2.24, 2.45) is 0 Å². The summed E-state index contributed by atoms with van der Waals surface area (Å²) in [7, 11) is 2.07. The molecule has 8 heteroatoms. The van der Waals surface area contributed by atoms with Crippen LogP contribution in [0, 0.1) is 0 Å². The minimum Gasteiger partial charge on any atom is -0.351 e. The van der Waals surface area contributed by atoms with Crippen molar-refractivity contribution in [3.8, 4) is 0 Å². The number of aromatic nitrogens is 1. The van der Waals surface area contributed by atoms with Gasteiger partial charge in [-0.15, -0.1) is 11.3 Å². The molecular formula is C22H24N4O2S2. The van der Waals surface area contributed by atoms with Gasteiger partial charge in [-0.25, -0.2) is 4.98 Å². The monoisotopic (exact) mass is 440 g/mol. The number of para-hydroxylation sites is 1. The van der Waals surface area contributed by atoms with Crippen molar-refractivity contribution < 1.29 is 9.59 Å². The highest BCUT2D eigenvalue weighted by Gasteiger charge is 2.20. The lowest BCUT2D eigenvalue weighted by Gasteiger charge is -2.32. The molecule has 3 aromatic rings. The van der Waals surface area contributed by atoms with Crippen LogP contribution in [0.1, 0.15) is 15.9 Å². The van der Waals surface area contributed by atoms with E-state index in [0.29, 0.717) is 17.9 Å². The molecule has 0 unspecified atom stereocenters. The van der Waals surface area contributed by atoms with Gasteiger partial charge < -0.3 is 15.1 Å². The highest BCUT2D eigenvalue weighted by atomic mass is 32.2. The van der Waals surface area contributed by atoms with Gasteiger partial charge >= 0.3 is 0 Å². The summed E-state index contributed by atoms with van der Waals surface area (Å²) in [5.74, 6) is 0.377. The van der Waals surface area contributed by atoms with Gasteiger partial charge in [-0.2, -0.15) is 0 Å². The van der Waals surface area contributed by atoms with E-state index in [2.05, 4.69) is 22.2 Å². The molecule has 1 aromatic heterocycles. The molecule has 1 fully saturated rings. The average Bonchev–Trinajstić information content (AvgIpc) is 3.20. The summed E-state index contributed by atoms with van der Waals surface area (Å²) in [6, 6.07) is 15.5. The molecule has 1 aliphatic heterocycles. The molecule has 1 saturated heterocycles. The molecule has 1 N–H and O–H groups in total. The number of fused-ring (bicyclic) bond motifs is 1. The van der Waals surface area contributed by atoms with Crippen molar-refractivity contribution in [2.45, 2.75) is 10.9 Å². The summed E-state index contributed by atoms with van der Waals surface area (Å²) in [4.78, 5) is 33.5. The quantitative estimate of drug-likeness (QED) is 0.597. The Bertz CT molecular complexity index is 994. The van der Waals surface area contributed by atoms with Crippen LogP contribution in [0.4, 0.5) is 0 Å². The number of nitrogens with one attached hydrogen (secondary N) is 1. The van der Waals surface area contributed by atoms with Crippen molar-refractivity contribution in [1.82, 2.24) is 20.1 Å². The van der Waals surface area contributed by atoms with Crippen LogP contribution in [0.15, 0.2) is 52.9 Å². The van der Waals surface area contributed by atoms with Crippen LogP contribution in [-0.2, 0) is 11.3 Å². The zero-order valence-electron chi connectivity index (χ0n) is 16.8. The molecule has 0 spiro atoms. The van der Waals surface area contributed by atoms with Gasteiger partial charge in [0.1, 0.15) is 0 Å². The Balaban J connectivity index is 1.24. The van der Waals surface area contributed by atoms with Gasteiger partial charge in [0.05, 0.1) is 16.0 Å². The number of amides is 2. The number of carbonyl (C=O) groups excluding carboxylic acids is 2.